The molecule has 5 N–H and O–H groups in total. The summed E-state index contributed by atoms with van der Waals surface area (Å²) < 4.78 is 5.30. The van der Waals surface area contributed by atoms with Crippen LogP contribution in [0.2, 0.25) is 0 Å². The van der Waals surface area contributed by atoms with Gasteiger partial charge in [0.15, 0.2) is 0 Å². The predicted octanol–water partition coefficient (Wildman–Crippen LogP) is 2.01. The van der Waals surface area contributed by atoms with Crippen molar-refractivity contribution in [3.8, 4) is 17.1 Å². The molecule has 1 atom stereocenters. The van der Waals surface area contributed by atoms with Crippen LogP contribution in [0.1, 0.15) is 17.2 Å². The van der Waals surface area contributed by atoms with Gasteiger partial charge in [-0.25, -0.2) is 14.8 Å². The summed E-state index contributed by atoms with van der Waals surface area (Å²) in [6.07, 6.45) is 2.66. The highest BCUT2D eigenvalue weighted by Crippen LogP contribution is 2.25. The molecule has 0 saturated heterocycles. The predicted molar refractivity (Wildman–Crippen MR) is 108 cm³/mol. The summed E-state index contributed by atoms with van der Waals surface area (Å²) in [5.74, 6) is 0.639. The number of amides is 1. The second kappa shape index (κ2) is 9.67. The maximum atomic E-state index is 12.2. The number of carbonyl (C=O) groups is 1. The zero-order chi connectivity index (χ0) is 20.6. The highest BCUT2D eigenvalue weighted by molar-refractivity contribution is 5.72. The number of carbonyl (C=O) groups excluding carboxylic acids is 1. The van der Waals surface area contributed by atoms with Crippen molar-refractivity contribution in [3.05, 3.63) is 59.9 Å². The van der Waals surface area contributed by atoms with E-state index in [-0.39, 0.29) is 19.1 Å². The lowest BCUT2D eigenvalue weighted by Gasteiger charge is -2.15. The minimum Gasteiger partial charge on any atom is -0.395 e. The highest BCUT2D eigenvalue weighted by atomic mass is 16.6. The molecule has 29 heavy (non-hydrogen) atoms. The minimum atomic E-state index is -0.689. The molecule has 0 radical (unpaired) electrons. The number of anilines is 1. The summed E-state index contributed by atoms with van der Waals surface area (Å²) in [4.78, 5) is 23.7. The summed E-state index contributed by atoms with van der Waals surface area (Å²) in [6.45, 7) is 1.94. The smallest absolute Gasteiger partial charge is 0.395 e. The largest absolute Gasteiger partial charge is 0.414 e. The first-order valence-electron chi connectivity index (χ1n) is 9.12. The average Bonchev–Trinajstić information content (AvgIpc) is 3.20. The number of nitrogens with zero attached hydrogens (tertiary/aromatic N) is 2. The molecule has 2 heterocycles. The highest BCUT2D eigenvalue weighted by Gasteiger charge is 2.16. The zero-order valence-electron chi connectivity index (χ0n) is 15.9. The molecule has 9 heteroatoms. The fraction of sp³-hybridized carbons (Fsp3) is 0.250. The number of H-pyrrole nitrogens is 1. The lowest BCUT2D eigenvalue weighted by Crippen LogP contribution is -2.33. The van der Waals surface area contributed by atoms with Crippen LogP contribution in [0.15, 0.2) is 48.8 Å². The van der Waals surface area contributed by atoms with Crippen molar-refractivity contribution >= 4 is 12.0 Å². The van der Waals surface area contributed by atoms with Crippen LogP contribution in [0.25, 0.3) is 11.3 Å². The Balaban J connectivity index is 1.68. The van der Waals surface area contributed by atoms with Gasteiger partial charge in [0.2, 0.25) is 11.8 Å². The van der Waals surface area contributed by atoms with Crippen LogP contribution in [0.4, 0.5) is 10.7 Å². The molecule has 1 amide bonds. The summed E-state index contributed by atoms with van der Waals surface area (Å²) in [7, 11) is 0. The van der Waals surface area contributed by atoms with Crippen LogP contribution in [-0.4, -0.2) is 51.0 Å². The number of nitrogens with one attached hydrogen (secondary N) is 3. The topological polar surface area (TPSA) is 132 Å². The van der Waals surface area contributed by atoms with Crippen LogP contribution in [0, 0.1) is 6.92 Å². The van der Waals surface area contributed by atoms with Gasteiger partial charge in [0.05, 0.1) is 24.9 Å². The van der Waals surface area contributed by atoms with Crippen LogP contribution >= 0.6 is 0 Å². The van der Waals surface area contributed by atoms with Crippen LogP contribution < -0.4 is 15.4 Å². The molecule has 152 valence electrons. The van der Waals surface area contributed by atoms with E-state index in [2.05, 4.69) is 25.6 Å². The molecule has 3 aromatic rings. The molecule has 0 bridgehead atoms. The molecule has 0 saturated carbocycles. The van der Waals surface area contributed by atoms with Gasteiger partial charge in [-0.15, -0.1) is 0 Å². The van der Waals surface area contributed by atoms with Crippen LogP contribution in [-0.2, 0) is 0 Å². The fourth-order valence-electron chi connectivity index (χ4n) is 2.75. The van der Waals surface area contributed by atoms with Gasteiger partial charge in [-0.05, 0) is 18.1 Å². The number of ether oxygens (including phenoxy) is 1. The van der Waals surface area contributed by atoms with Crippen molar-refractivity contribution in [2.24, 2.45) is 0 Å². The van der Waals surface area contributed by atoms with E-state index in [0.29, 0.717) is 18.2 Å². The number of hydrogen-bond acceptors (Lipinski definition) is 7. The van der Waals surface area contributed by atoms with Crippen molar-refractivity contribution in [1.82, 2.24) is 20.3 Å². The first-order chi connectivity index (χ1) is 14.1. The van der Waals surface area contributed by atoms with Crippen molar-refractivity contribution in [1.29, 1.82) is 0 Å². The van der Waals surface area contributed by atoms with Crippen molar-refractivity contribution in [2.45, 2.75) is 13.0 Å². The molecule has 3 rings (SSSR count). The van der Waals surface area contributed by atoms with Crippen LogP contribution in [0.3, 0.4) is 0 Å². The zero-order valence-corrected chi connectivity index (χ0v) is 15.9. The van der Waals surface area contributed by atoms with E-state index in [0.717, 1.165) is 16.7 Å². The van der Waals surface area contributed by atoms with E-state index < -0.39 is 12.1 Å². The quantitative estimate of drug-likeness (QED) is 0.393. The molecule has 0 aliphatic rings. The van der Waals surface area contributed by atoms with Gasteiger partial charge in [-0.2, -0.15) is 0 Å². The second-order valence-electron chi connectivity index (χ2n) is 6.31. The summed E-state index contributed by atoms with van der Waals surface area (Å²) in [5, 5.41) is 24.0. The summed E-state index contributed by atoms with van der Waals surface area (Å²) >= 11 is 0. The average molecular weight is 397 g/mol. The lowest BCUT2D eigenvalue weighted by molar-refractivity contribution is 0.182. The van der Waals surface area contributed by atoms with Gasteiger partial charge in [-0.1, -0.05) is 30.3 Å². The number of aromatic amines is 1. The second-order valence-corrected chi connectivity index (χ2v) is 6.31. The number of aliphatic hydroxyl groups excluding tert-OH is 2. The molecule has 0 aliphatic carbocycles. The van der Waals surface area contributed by atoms with E-state index in [1.54, 1.807) is 18.5 Å². The Morgan fingerprint density at radius 1 is 1.28 bits per heavy atom. The number of aromatic nitrogens is 3. The first kappa shape index (κ1) is 20.3. The van der Waals surface area contributed by atoms with E-state index >= 15 is 0 Å². The third-order valence-corrected chi connectivity index (χ3v) is 4.18. The van der Waals surface area contributed by atoms with E-state index in [1.165, 1.54) is 0 Å². The van der Waals surface area contributed by atoms with E-state index in [1.807, 2.05) is 37.3 Å². The Morgan fingerprint density at radius 2 is 2.07 bits per heavy atom. The van der Waals surface area contributed by atoms with Crippen molar-refractivity contribution < 1.29 is 19.7 Å². The maximum absolute atomic E-state index is 12.2. The number of aliphatic hydroxyl groups is 2. The fourth-order valence-corrected chi connectivity index (χ4v) is 2.75. The molecule has 0 fully saturated rings. The van der Waals surface area contributed by atoms with Gasteiger partial charge < -0.3 is 30.6 Å². The molecule has 9 nitrogen and oxygen atoms in total. The van der Waals surface area contributed by atoms with Gasteiger partial charge in [0.1, 0.15) is 0 Å². The Morgan fingerprint density at radius 3 is 2.79 bits per heavy atom. The molecule has 1 unspecified atom stereocenters. The van der Waals surface area contributed by atoms with Gasteiger partial charge >= 0.3 is 6.09 Å². The van der Waals surface area contributed by atoms with Gasteiger partial charge in [-0.3, -0.25) is 0 Å². The molecule has 2 aromatic heterocycles. The number of hydrogen-bond donors (Lipinski definition) is 5. The molecular weight excluding hydrogens is 374 g/mol. The first-order valence-corrected chi connectivity index (χ1v) is 9.12. The summed E-state index contributed by atoms with van der Waals surface area (Å²) in [6, 6.07) is 10.2. The molecule has 0 spiro atoms. The SMILES string of the molecule is Cc1cnc(NCCO)nc1-c1c[nH]c(OC(=O)NC(CO)c2ccccc2)c1. The number of aryl methyl sites for hydroxylation is 1. The van der Waals surface area contributed by atoms with Crippen molar-refractivity contribution in [2.75, 3.05) is 25.1 Å². The minimum absolute atomic E-state index is 0.0262. The standard InChI is InChI=1S/C20H23N5O4/c1-13-10-23-19(21-7-8-26)25-18(13)15-9-17(22-11-15)29-20(28)24-16(12-27)14-5-3-2-4-6-14/h2-6,9-11,16,22,26-27H,7-8,12H2,1H3,(H,24,28)(H,21,23,25). The Hall–Kier alpha value is -3.43. The van der Waals surface area contributed by atoms with Gasteiger partial charge in [0, 0.05) is 30.6 Å². The Bertz CT molecular complexity index is 945. The number of benzene rings is 1. The Kier molecular flexibility index (Phi) is 6.77. The molecule has 1 aromatic carbocycles. The van der Waals surface area contributed by atoms with Gasteiger partial charge in [0.25, 0.3) is 0 Å². The molecule has 0 aliphatic heterocycles. The van der Waals surface area contributed by atoms with Crippen LogP contribution in [0.5, 0.6) is 5.88 Å². The normalized spacial score (nSPS) is 11.7. The summed E-state index contributed by atoms with van der Waals surface area (Å²) in [5.41, 5.74) is 3.02. The third kappa shape index (κ3) is 5.31. The molecular formula is C20H23N5O4. The van der Waals surface area contributed by atoms with Crippen molar-refractivity contribution in [3.63, 3.8) is 0 Å². The maximum Gasteiger partial charge on any atom is 0.414 e. The third-order valence-electron chi connectivity index (χ3n) is 4.18. The van der Waals surface area contributed by atoms with E-state index in [4.69, 9.17) is 9.84 Å². The monoisotopic (exact) mass is 397 g/mol. The van der Waals surface area contributed by atoms with E-state index in [9.17, 15) is 9.90 Å². The number of rotatable bonds is 8. The Labute approximate surface area is 167 Å². The lowest BCUT2D eigenvalue weighted by atomic mass is 10.1.